The van der Waals surface area contributed by atoms with Crippen molar-refractivity contribution in [3.05, 3.63) is 164 Å². The Morgan fingerprint density at radius 2 is 0.840 bits per heavy atom. The summed E-state index contributed by atoms with van der Waals surface area (Å²) >= 11 is 0. The average molecular weight is 638 g/mol. The Labute approximate surface area is 286 Å². The van der Waals surface area contributed by atoms with E-state index in [1.807, 2.05) is 60.7 Å². The van der Waals surface area contributed by atoms with Crippen LogP contribution in [0, 0.1) is 0 Å². The number of fused-ring (bicyclic) bond motifs is 10. The lowest BCUT2D eigenvalue weighted by molar-refractivity contribution is 1.07. The molecule has 0 fully saturated rings. The lowest BCUT2D eigenvalue weighted by Crippen LogP contribution is -2.01. The second-order valence-electron chi connectivity index (χ2n) is 12.9. The maximum atomic E-state index is 5.04. The minimum Gasteiger partial charge on any atom is -0.309 e. The minimum absolute atomic E-state index is 0.637. The second-order valence-corrected chi connectivity index (χ2v) is 12.9. The number of para-hydroxylation sites is 3. The van der Waals surface area contributed by atoms with Crippen LogP contribution < -0.4 is 0 Å². The Hall–Kier alpha value is -6.85. The molecule has 7 aromatic carbocycles. The summed E-state index contributed by atoms with van der Waals surface area (Å²) < 4.78 is 4.87. The van der Waals surface area contributed by atoms with Crippen LogP contribution in [0.5, 0.6) is 0 Å². The molecule has 5 nitrogen and oxygen atoms in total. The molecule has 4 aromatic heterocycles. The number of rotatable bonds is 4. The summed E-state index contributed by atoms with van der Waals surface area (Å²) in [6.07, 6.45) is 0. The third kappa shape index (κ3) is 3.80. The topological polar surface area (TPSA) is 48.0 Å². The van der Waals surface area contributed by atoms with Gasteiger partial charge in [0.15, 0.2) is 17.5 Å². The Balaban J connectivity index is 1.21. The summed E-state index contributed by atoms with van der Waals surface area (Å²) in [5, 5.41) is 7.59. The predicted molar refractivity (Wildman–Crippen MR) is 205 cm³/mol. The molecule has 0 bridgehead atoms. The van der Waals surface area contributed by atoms with E-state index >= 15 is 0 Å². The molecular weight excluding hydrogens is 611 g/mol. The molecule has 0 amide bonds. The zero-order chi connectivity index (χ0) is 32.8. The first-order chi connectivity index (χ1) is 24.8. The molecule has 0 aliphatic heterocycles. The molecule has 4 heterocycles. The van der Waals surface area contributed by atoms with Crippen molar-refractivity contribution in [1.82, 2.24) is 23.9 Å². The van der Waals surface area contributed by atoms with Gasteiger partial charge in [0, 0.05) is 54.7 Å². The summed E-state index contributed by atoms with van der Waals surface area (Å²) in [5.41, 5.74) is 9.97. The molecule has 0 saturated heterocycles. The van der Waals surface area contributed by atoms with Crippen LogP contribution in [0.1, 0.15) is 0 Å². The normalized spacial score (nSPS) is 12.0. The third-order valence-electron chi connectivity index (χ3n) is 10.1. The van der Waals surface area contributed by atoms with E-state index < -0.39 is 0 Å². The molecule has 0 N–H and O–H groups in total. The van der Waals surface area contributed by atoms with Crippen LogP contribution in [0.4, 0.5) is 0 Å². The van der Waals surface area contributed by atoms with Crippen LogP contribution in [0.3, 0.4) is 0 Å². The van der Waals surface area contributed by atoms with E-state index in [2.05, 4.69) is 112 Å². The van der Waals surface area contributed by atoms with E-state index in [0.717, 1.165) is 27.9 Å². The molecule has 0 aliphatic carbocycles. The molecular formula is C45H27N5. The van der Waals surface area contributed by atoms with E-state index in [1.165, 1.54) is 54.4 Å². The molecule has 5 heteroatoms. The van der Waals surface area contributed by atoms with Gasteiger partial charge in [-0.15, -0.1) is 0 Å². The van der Waals surface area contributed by atoms with Crippen molar-refractivity contribution in [1.29, 1.82) is 0 Å². The van der Waals surface area contributed by atoms with Crippen molar-refractivity contribution in [3.8, 4) is 39.9 Å². The molecule has 0 atom stereocenters. The van der Waals surface area contributed by atoms with Gasteiger partial charge in [-0.25, -0.2) is 15.0 Å². The van der Waals surface area contributed by atoms with Crippen molar-refractivity contribution < 1.29 is 0 Å². The lowest BCUT2D eigenvalue weighted by atomic mass is 10.0. The Morgan fingerprint density at radius 1 is 0.340 bits per heavy atom. The Bertz CT molecular complexity index is 3030. The van der Waals surface area contributed by atoms with Crippen LogP contribution in [0.25, 0.3) is 99.8 Å². The van der Waals surface area contributed by atoms with Gasteiger partial charge in [0.2, 0.25) is 0 Å². The monoisotopic (exact) mass is 637 g/mol. The molecule has 0 saturated carbocycles. The summed E-state index contributed by atoms with van der Waals surface area (Å²) in [7, 11) is 0. The van der Waals surface area contributed by atoms with E-state index in [0.29, 0.717) is 17.5 Å². The first-order valence-corrected chi connectivity index (χ1v) is 16.9. The van der Waals surface area contributed by atoms with Crippen LogP contribution in [-0.2, 0) is 0 Å². The number of hydrogen-bond acceptors (Lipinski definition) is 3. The number of aromatic nitrogens is 5. The van der Waals surface area contributed by atoms with Crippen molar-refractivity contribution >= 4 is 59.9 Å². The summed E-state index contributed by atoms with van der Waals surface area (Å²) in [6, 6.07) is 57.6. The zero-order valence-electron chi connectivity index (χ0n) is 26.8. The van der Waals surface area contributed by atoms with Gasteiger partial charge in [-0.3, -0.25) is 0 Å². The van der Waals surface area contributed by atoms with Gasteiger partial charge in [-0.1, -0.05) is 127 Å². The van der Waals surface area contributed by atoms with Crippen LogP contribution in [-0.4, -0.2) is 23.9 Å². The van der Waals surface area contributed by atoms with Crippen molar-refractivity contribution in [2.75, 3.05) is 0 Å². The van der Waals surface area contributed by atoms with Crippen LogP contribution >= 0.6 is 0 Å². The molecule has 11 rings (SSSR count). The standard InChI is InChI=1S/C45H27N5/c1-3-14-28(15-4-1)43-46-44(29-16-5-2-6-17-29)48-45(47-43)30-18-13-19-31(26-30)49-37-24-11-8-21-33(37)40-39(49)27-35-32-20-7-10-23-36(32)50-38-25-12-9-22-34(38)41(40)42(35)50/h1-27H. The highest BCUT2D eigenvalue weighted by atomic mass is 15.0. The van der Waals surface area contributed by atoms with Gasteiger partial charge in [-0.05, 0) is 36.4 Å². The van der Waals surface area contributed by atoms with Gasteiger partial charge in [-0.2, -0.15) is 0 Å². The first kappa shape index (κ1) is 27.1. The maximum absolute atomic E-state index is 5.04. The van der Waals surface area contributed by atoms with Crippen LogP contribution in [0.2, 0.25) is 0 Å². The fraction of sp³-hybridized carbons (Fsp3) is 0. The second kappa shape index (κ2) is 10.3. The smallest absolute Gasteiger partial charge is 0.164 e. The molecule has 0 spiro atoms. The molecule has 232 valence electrons. The predicted octanol–water partition coefficient (Wildman–Crippen LogP) is 11.1. The highest BCUT2D eigenvalue weighted by Crippen LogP contribution is 2.46. The van der Waals surface area contributed by atoms with Crippen molar-refractivity contribution in [3.63, 3.8) is 0 Å². The average Bonchev–Trinajstić information content (AvgIpc) is 3.83. The lowest BCUT2D eigenvalue weighted by Gasteiger charge is -2.12. The third-order valence-corrected chi connectivity index (χ3v) is 10.1. The Kier molecular flexibility index (Phi) is 5.60. The number of hydrogen-bond donors (Lipinski definition) is 0. The summed E-state index contributed by atoms with van der Waals surface area (Å²) in [6.45, 7) is 0. The number of benzene rings is 7. The summed E-state index contributed by atoms with van der Waals surface area (Å²) in [4.78, 5) is 15.0. The zero-order valence-corrected chi connectivity index (χ0v) is 26.8. The van der Waals surface area contributed by atoms with Gasteiger partial charge in [0.25, 0.3) is 0 Å². The summed E-state index contributed by atoms with van der Waals surface area (Å²) in [5.74, 6) is 1.94. The maximum Gasteiger partial charge on any atom is 0.164 e. The van der Waals surface area contributed by atoms with Gasteiger partial charge < -0.3 is 8.97 Å². The van der Waals surface area contributed by atoms with E-state index in [-0.39, 0.29) is 0 Å². The van der Waals surface area contributed by atoms with Gasteiger partial charge in [0.1, 0.15) is 0 Å². The fourth-order valence-electron chi connectivity index (χ4n) is 7.96. The molecule has 50 heavy (non-hydrogen) atoms. The first-order valence-electron chi connectivity index (χ1n) is 16.9. The minimum atomic E-state index is 0.637. The number of nitrogens with zero attached hydrogens (tertiary/aromatic N) is 5. The van der Waals surface area contributed by atoms with Crippen molar-refractivity contribution in [2.24, 2.45) is 0 Å². The molecule has 0 aliphatic rings. The van der Waals surface area contributed by atoms with Crippen LogP contribution in [0.15, 0.2) is 164 Å². The highest BCUT2D eigenvalue weighted by Gasteiger charge is 2.24. The van der Waals surface area contributed by atoms with E-state index in [9.17, 15) is 0 Å². The SMILES string of the molecule is c1ccc(-c2nc(-c3ccccc3)nc(-c3cccc(-n4c5ccccc5c5c6c7ccccc7n7c8ccccc8c(cc54)c67)c3)n2)cc1. The van der Waals surface area contributed by atoms with Gasteiger partial charge in [0.05, 0.1) is 27.6 Å². The fourth-order valence-corrected chi connectivity index (χ4v) is 7.96. The highest BCUT2D eigenvalue weighted by molar-refractivity contribution is 6.35. The van der Waals surface area contributed by atoms with Gasteiger partial charge >= 0.3 is 0 Å². The Morgan fingerprint density at radius 3 is 1.50 bits per heavy atom. The molecule has 0 radical (unpaired) electrons. The quantitative estimate of drug-likeness (QED) is 0.193. The van der Waals surface area contributed by atoms with Crippen molar-refractivity contribution in [2.45, 2.75) is 0 Å². The molecule has 0 unspecified atom stereocenters. The molecule has 11 aromatic rings. The van der Waals surface area contributed by atoms with E-state index in [4.69, 9.17) is 15.0 Å². The largest absolute Gasteiger partial charge is 0.309 e. The van der Waals surface area contributed by atoms with E-state index in [1.54, 1.807) is 0 Å².